The monoisotopic (exact) mass is 219 g/mol. The molecule has 0 aliphatic heterocycles. The van der Waals surface area contributed by atoms with Crippen LogP contribution in [0.1, 0.15) is 35.7 Å². The van der Waals surface area contributed by atoms with Crippen LogP contribution < -0.4 is 5.32 Å². The van der Waals surface area contributed by atoms with Gasteiger partial charge >= 0.3 is 5.97 Å². The van der Waals surface area contributed by atoms with Crippen molar-refractivity contribution in [3.05, 3.63) is 35.4 Å². The summed E-state index contributed by atoms with van der Waals surface area (Å²) in [5.74, 6) is -0.0260. The molecule has 1 fully saturated rings. The summed E-state index contributed by atoms with van der Waals surface area (Å²) in [5, 5.41) is 12.3. The largest absolute Gasteiger partial charge is 0.478 e. The Labute approximate surface area is 95.5 Å². The van der Waals surface area contributed by atoms with Gasteiger partial charge in [-0.15, -0.1) is 0 Å². The van der Waals surface area contributed by atoms with E-state index in [4.69, 9.17) is 5.11 Å². The number of carbonyl (C=O) groups is 1. The second kappa shape index (κ2) is 4.66. The maximum absolute atomic E-state index is 10.8. The molecule has 3 nitrogen and oxygen atoms in total. The number of carboxylic acids is 1. The Hall–Kier alpha value is -1.35. The van der Waals surface area contributed by atoms with Gasteiger partial charge in [-0.3, -0.25) is 0 Å². The zero-order chi connectivity index (χ0) is 11.5. The van der Waals surface area contributed by atoms with E-state index in [-0.39, 0.29) is 0 Å². The molecule has 0 heterocycles. The van der Waals surface area contributed by atoms with Gasteiger partial charge in [-0.25, -0.2) is 4.79 Å². The van der Waals surface area contributed by atoms with E-state index in [1.807, 2.05) is 6.07 Å². The Kier molecular flexibility index (Phi) is 3.25. The number of carboxylic acid groups (broad SMARTS) is 1. The topological polar surface area (TPSA) is 49.3 Å². The molecule has 0 aromatic heterocycles. The van der Waals surface area contributed by atoms with E-state index in [0.717, 1.165) is 18.0 Å². The SMILES string of the molecule is CC1CC(NCc2cccc(C(=O)O)c2)C1. The van der Waals surface area contributed by atoms with E-state index < -0.39 is 5.97 Å². The number of hydrogen-bond acceptors (Lipinski definition) is 2. The lowest BCUT2D eigenvalue weighted by Gasteiger charge is -2.33. The summed E-state index contributed by atoms with van der Waals surface area (Å²) in [5.41, 5.74) is 1.40. The van der Waals surface area contributed by atoms with E-state index in [1.54, 1.807) is 18.2 Å². The number of hydrogen-bond donors (Lipinski definition) is 2. The molecule has 0 radical (unpaired) electrons. The molecular formula is C13H17NO2. The first-order valence-electron chi connectivity index (χ1n) is 5.71. The average Bonchev–Trinajstić information content (AvgIpc) is 2.23. The number of aromatic carboxylic acids is 1. The van der Waals surface area contributed by atoms with Crippen LogP contribution in [0.25, 0.3) is 0 Å². The van der Waals surface area contributed by atoms with E-state index in [9.17, 15) is 4.79 Å². The molecule has 86 valence electrons. The second-order valence-corrected chi connectivity index (χ2v) is 4.66. The fraction of sp³-hybridized carbons (Fsp3) is 0.462. The molecule has 1 aliphatic rings. The molecule has 0 spiro atoms. The summed E-state index contributed by atoms with van der Waals surface area (Å²) in [6.07, 6.45) is 2.47. The highest BCUT2D eigenvalue weighted by Gasteiger charge is 2.24. The molecule has 3 heteroatoms. The molecule has 0 unspecified atom stereocenters. The van der Waals surface area contributed by atoms with Gasteiger partial charge in [-0.2, -0.15) is 0 Å². The van der Waals surface area contributed by atoms with Crippen molar-refractivity contribution in [1.82, 2.24) is 5.32 Å². The van der Waals surface area contributed by atoms with Crippen LogP contribution in [0.3, 0.4) is 0 Å². The van der Waals surface area contributed by atoms with Crippen LogP contribution >= 0.6 is 0 Å². The summed E-state index contributed by atoms with van der Waals surface area (Å²) in [4.78, 5) is 10.8. The fourth-order valence-corrected chi connectivity index (χ4v) is 2.15. The van der Waals surface area contributed by atoms with Gasteiger partial charge < -0.3 is 10.4 Å². The molecule has 2 rings (SSSR count). The summed E-state index contributed by atoms with van der Waals surface area (Å²) in [6.45, 7) is 3.02. The summed E-state index contributed by atoms with van der Waals surface area (Å²) in [6, 6.07) is 7.73. The lowest BCUT2D eigenvalue weighted by Crippen LogP contribution is -2.39. The van der Waals surface area contributed by atoms with Crippen molar-refractivity contribution < 1.29 is 9.90 Å². The normalized spacial score (nSPS) is 23.8. The molecule has 1 aromatic carbocycles. The number of benzene rings is 1. The van der Waals surface area contributed by atoms with Crippen LogP contribution in [0.15, 0.2) is 24.3 Å². The molecule has 2 N–H and O–H groups in total. The Morgan fingerprint density at radius 1 is 1.50 bits per heavy atom. The molecule has 1 aliphatic carbocycles. The molecular weight excluding hydrogens is 202 g/mol. The van der Waals surface area contributed by atoms with Crippen molar-refractivity contribution in [2.45, 2.75) is 32.4 Å². The smallest absolute Gasteiger partial charge is 0.335 e. The minimum atomic E-state index is -0.862. The van der Waals surface area contributed by atoms with Gasteiger partial charge in [0.25, 0.3) is 0 Å². The van der Waals surface area contributed by atoms with Gasteiger partial charge in [0, 0.05) is 12.6 Å². The van der Waals surface area contributed by atoms with Crippen LogP contribution in [0.2, 0.25) is 0 Å². The zero-order valence-corrected chi connectivity index (χ0v) is 9.44. The lowest BCUT2D eigenvalue weighted by atomic mass is 9.82. The predicted molar refractivity (Wildman–Crippen MR) is 62.4 cm³/mol. The molecule has 0 amide bonds. The average molecular weight is 219 g/mol. The second-order valence-electron chi connectivity index (χ2n) is 4.66. The van der Waals surface area contributed by atoms with Crippen LogP contribution in [-0.2, 0) is 6.54 Å². The van der Waals surface area contributed by atoms with Gasteiger partial charge in [0.1, 0.15) is 0 Å². The summed E-state index contributed by atoms with van der Waals surface area (Å²) in [7, 11) is 0. The first-order chi connectivity index (χ1) is 7.65. The van der Waals surface area contributed by atoms with E-state index in [1.165, 1.54) is 12.8 Å². The fourth-order valence-electron chi connectivity index (χ4n) is 2.15. The maximum atomic E-state index is 10.8. The first-order valence-corrected chi connectivity index (χ1v) is 5.71. The standard InChI is InChI=1S/C13H17NO2/c1-9-5-12(6-9)14-8-10-3-2-4-11(7-10)13(15)16/h2-4,7,9,12,14H,5-6,8H2,1H3,(H,15,16). The van der Waals surface area contributed by atoms with Crippen LogP contribution in [-0.4, -0.2) is 17.1 Å². The van der Waals surface area contributed by atoms with Crippen LogP contribution in [0.5, 0.6) is 0 Å². The van der Waals surface area contributed by atoms with Crippen molar-refractivity contribution in [1.29, 1.82) is 0 Å². The molecule has 0 atom stereocenters. The first kappa shape index (κ1) is 11.1. The van der Waals surface area contributed by atoms with Gasteiger partial charge in [0.05, 0.1) is 5.56 Å². The predicted octanol–water partition coefficient (Wildman–Crippen LogP) is 2.27. The van der Waals surface area contributed by atoms with Gasteiger partial charge in [-0.05, 0) is 36.5 Å². The van der Waals surface area contributed by atoms with Crippen molar-refractivity contribution >= 4 is 5.97 Å². The Balaban J connectivity index is 1.89. The molecule has 1 saturated carbocycles. The van der Waals surface area contributed by atoms with Gasteiger partial charge in [0.2, 0.25) is 0 Å². The van der Waals surface area contributed by atoms with Crippen LogP contribution in [0, 0.1) is 5.92 Å². The minimum Gasteiger partial charge on any atom is -0.478 e. The lowest BCUT2D eigenvalue weighted by molar-refractivity contribution is 0.0697. The molecule has 0 bridgehead atoms. The molecule has 1 aromatic rings. The zero-order valence-electron chi connectivity index (χ0n) is 9.44. The summed E-state index contributed by atoms with van der Waals surface area (Å²) >= 11 is 0. The molecule has 0 saturated heterocycles. The van der Waals surface area contributed by atoms with E-state index >= 15 is 0 Å². The quantitative estimate of drug-likeness (QED) is 0.816. The molecule has 16 heavy (non-hydrogen) atoms. The van der Waals surface area contributed by atoms with Crippen LogP contribution in [0.4, 0.5) is 0 Å². The highest BCUT2D eigenvalue weighted by Crippen LogP contribution is 2.26. The maximum Gasteiger partial charge on any atom is 0.335 e. The van der Waals surface area contributed by atoms with E-state index in [0.29, 0.717) is 11.6 Å². The third-order valence-electron chi connectivity index (χ3n) is 3.14. The van der Waals surface area contributed by atoms with Crippen molar-refractivity contribution in [2.75, 3.05) is 0 Å². The highest BCUT2D eigenvalue weighted by atomic mass is 16.4. The minimum absolute atomic E-state index is 0.362. The number of nitrogens with one attached hydrogen (secondary N) is 1. The van der Waals surface area contributed by atoms with Gasteiger partial charge in [0.15, 0.2) is 0 Å². The van der Waals surface area contributed by atoms with Gasteiger partial charge in [-0.1, -0.05) is 19.1 Å². The van der Waals surface area contributed by atoms with E-state index in [2.05, 4.69) is 12.2 Å². The Morgan fingerprint density at radius 3 is 2.88 bits per heavy atom. The van der Waals surface area contributed by atoms with Crippen molar-refractivity contribution in [2.24, 2.45) is 5.92 Å². The third-order valence-corrected chi connectivity index (χ3v) is 3.14. The van der Waals surface area contributed by atoms with Crippen molar-refractivity contribution in [3.8, 4) is 0 Å². The summed E-state index contributed by atoms with van der Waals surface area (Å²) < 4.78 is 0. The Morgan fingerprint density at radius 2 is 2.25 bits per heavy atom. The Bertz CT molecular complexity index is 383. The highest BCUT2D eigenvalue weighted by molar-refractivity contribution is 5.87. The van der Waals surface area contributed by atoms with Crippen molar-refractivity contribution in [3.63, 3.8) is 0 Å². The third kappa shape index (κ3) is 2.61. The number of rotatable bonds is 4.